The molecule has 1 atom stereocenters. The van der Waals surface area contributed by atoms with E-state index in [1.165, 1.54) is 5.56 Å². The van der Waals surface area contributed by atoms with Crippen LogP contribution in [-0.2, 0) is 6.54 Å². The molecule has 2 aromatic rings. The second-order valence-electron chi connectivity index (χ2n) is 5.04. The summed E-state index contributed by atoms with van der Waals surface area (Å²) in [6.07, 6.45) is 0.921. The number of para-hydroxylation sites is 1. The van der Waals surface area contributed by atoms with Crippen LogP contribution >= 0.6 is 0 Å². The van der Waals surface area contributed by atoms with Gasteiger partial charge in [-0.15, -0.1) is 0 Å². The number of nitrogens with two attached hydrogens (primary N) is 1. The van der Waals surface area contributed by atoms with Gasteiger partial charge in [0.1, 0.15) is 11.6 Å². The fourth-order valence-corrected chi connectivity index (χ4v) is 2.63. The Morgan fingerprint density at radius 3 is 3.05 bits per heavy atom. The Morgan fingerprint density at radius 2 is 2.25 bits per heavy atom. The van der Waals surface area contributed by atoms with Crippen LogP contribution in [0.3, 0.4) is 0 Å². The van der Waals surface area contributed by atoms with Crippen LogP contribution in [0.5, 0.6) is 5.75 Å². The number of nitrogen functional groups attached to an aromatic ring is 1. The van der Waals surface area contributed by atoms with Crippen LogP contribution in [0.2, 0.25) is 0 Å². The molecule has 5 nitrogen and oxygen atoms in total. The van der Waals surface area contributed by atoms with E-state index >= 15 is 0 Å². The van der Waals surface area contributed by atoms with Crippen LogP contribution in [0.25, 0.3) is 0 Å². The summed E-state index contributed by atoms with van der Waals surface area (Å²) in [5.41, 5.74) is 8.92. The van der Waals surface area contributed by atoms with Gasteiger partial charge < -0.3 is 15.8 Å². The summed E-state index contributed by atoms with van der Waals surface area (Å²) in [7, 11) is 0. The van der Waals surface area contributed by atoms with Gasteiger partial charge in [0.25, 0.3) is 0 Å². The van der Waals surface area contributed by atoms with Gasteiger partial charge in [-0.05, 0) is 19.9 Å². The number of anilines is 2. The van der Waals surface area contributed by atoms with E-state index in [0.717, 1.165) is 35.9 Å². The number of aromatic nitrogens is 2. The van der Waals surface area contributed by atoms with E-state index in [0.29, 0.717) is 6.61 Å². The highest BCUT2D eigenvalue weighted by molar-refractivity contribution is 5.65. The number of aryl methyl sites for hydroxylation is 2. The Balaban J connectivity index is 1.93. The quantitative estimate of drug-likeness (QED) is 0.901. The van der Waals surface area contributed by atoms with E-state index in [4.69, 9.17) is 10.5 Å². The third-order valence-electron chi connectivity index (χ3n) is 3.74. The van der Waals surface area contributed by atoms with Crippen LogP contribution in [0.15, 0.2) is 24.3 Å². The fraction of sp³-hybridized carbons (Fsp3) is 0.400. The van der Waals surface area contributed by atoms with Crippen LogP contribution in [0.1, 0.15) is 30.6 Å². The molecule has 3 rings (SSSR count). The largest absolute Gasteiger partial charge is 0.493 e. The van der Waals surface area contributed by atoms with Gasteiger partial charge in [0.15, 0.2) is 0 Å². The van der Waals surface area contributed by atoms with Crippen molar-refractivity contribution in [2.45, 2.75) is 32.9 Å². The van der Waals surface area contributed by atoms with Crippen molar-refractivity contribution in [1.82, 2.24) is 9.78 Å². The monoisotopic (exact) mass is 272 g/mol. The number of hydrogen-bond donors (Lipinski definition) is 2. The van der Waals surface area contributed by atoms with Crippen molar-refractivity contribution in [3.63, 3.8) is 0 Å². The molecular formula is C15H20N4O. The summed E-state index contributed by atoms with van der Waals surface area (Å²) in [6, 6.07) is 8.35. The van der Waals surface area contributed by atoms with Crippen molar-refractivity contribution in [3.8, 4) is 5.75 Å². The molecule has 2 heterocycles. The molecule has 20 heavy (non-hydrogen) atoms. The van der Waals surface area contributed by atoms with E-state index in [1.54, 1.807) is 0 Å². The Kier molecular flexibility index (Phi) is 3.26. The SMILES string of the molecule is CCn1nc(C)c(N)c1NC1CCOc2ccccc21. The Hall–Kier alpha value is -2.17. The lowest BCUT2D eigenvalue weighted by Crippen LogP contribution is -2.22. The minimum absolute atomic E-state index is 0.212. The molecule has 0 saturated heterocycles. The second kappa shape index (κ2) is 5.07. The molecule has 106 valence electrons. The molecule has 0 aliphatic carbocycles. The molecule has 0 amide bonds. The fourth-order valence-electron chi connectivity index (χ4n) is 2.63. The number of ether oxygens (including phenoxy) is 1. The molecular weight excluding hydrogens is 252 g/mol. The molecule has 0 radical (unpaired) electrons. The van der Waals surface area contributed by atoms with Crippen molar-refractivity contribution in [1.29, 1.82) is 0 Å². The van der Waals surface area contributed by atoms with Gasteiger partial charge >= 0.3 is 0 Å². The number of nitrogens with zero attached hydrogens (tertiary/aromatic N) is 2. The molecule has 0 spiro atoms. The number of benzene rings is 1. The maximum absolute atomic E-state index is 6.14. The van der Waals surface area contributed by atoms with Gasteiger partial charge in [0.2, 0.25) is 0 Å². The molecule has 1 aliphatic rings. The molecule has 0 saturated carbocycles. The molecule has 1 aliphatic heterocycles. The van der Waals surface area contributed by atoms with Gasteiger partial charge in [0, 0.05) is 18.5 Å². The second-order valence-corrected chi connectivity index (χ2v) is 5.04. The topological polar surface area (TPSA) is 65.1 Å². The first-order valence-corrected chi connectivity index (χ1v) is 7.01. The van der Waals surface area contributed by atoms with E-state index in [-0.39, 0.29) is 6.04 Å². The molecule has 5 heteroatoms. The highest BCUT2D eigenvalue weighted by Crippen LogP contribution is 2.35. The number of hydrogen-bond acceptors (Lipinski definition) is 4. The minimum Gasteiger partial charge on any atom is -0.493 e. The third-order valence-corrected chi connectivity index (χ3v) is 3.74. The van der Waals surface area contributed by atoms with E-state index < -0.39 is 0 Å². The average Bonchev–Trinajstić information content (AvgIpc) is 2.75. The first-order chi connectivity index (χ1) is 9.70. The smallest absolute Gasteiger partial charge is 0.148 e. The average molecular weight is 272 g/mol. The molecule has 3 N–H and O–H groups in total. The summed E-state index contributed by atoms with van der Waals surface area (Å²) in [5.74, 6) is 1.86. The molecule has 0 bridgehead atoms. The Labute approximate surface area is 118 Å². The Bertz CT molecular complexity index is 620. The maximum atomic E-state index is 6.14. The highest BCUT2D eigenvalue weighted by Gasteiger charge is 2.23. The lowest BCUT2D eigenvalue weighted by Gasteiger charge is -2.27. The van der Waals surface area contributed by atoms with Gasteiger partial charge in [-0.1, -0.05) is 18.2 Å². The third kappa shape index (κ3) is 2.09. The first kappa shape index (κ1) is 12.8. The van der Waals surface area contributed by atoms with Gasteiger partial charge in [-0.25, -0.2) is 4.68 Å². The lowest BCUT2D eigenvalue weighted by molar-refractivity contribution is 0.274. The minimum atomic E-state index is 0.212. The van der Waals surface area contributed by atoms with Crippen LogP contribution in [-0.4, -0.2) is 16.4 Å². The van der Waals surface area contributed by atoms with E-state index in [1.807, 2.05) is 29.8 Å². The summed E-state index contributed by atoms with van der Waals surface area (Å²) >= 11 is 0. The summed E-state index contributed by atoms with van der Waals surface area (Å²) in [5, 5.41) is 7.99. The number of rotatable bonds is 3. The van der Waals surface area contributed by atoms with Crippen LogP contribution in [0.4, 0.5) is 11.5 Å². The molecule has 1 unspecified atom stereocenters. The van der Waals surface area contributed by atoms with Crippen molar-refractivity contribution in [2.75, 3.05) is 17.7 Å². The zero-order valence-electron chi connectivity index (χ0n) is 11.9. The molecule has 0 fully saturated rings. The standard InChI is InChI=1S/C15H20N4O/c1-3-19-15(14(16)10(2)18-19)17-12-8-9-20-13-7-5-4-6-11(12)13/h4-7,12,17H,3,8-9,16H2,1-2H3. The number of fused-ring (bicyclic) bond motifs is 1. The Morgan fingerprint density at radius 1 is 1.45 bits per heavy atom. The zero-order valence-corrected chi connectivity index (χ0v) is 11.9. The van der Waals surface area contributed by atoms with Crippen molar-refractivity contribution in [2.24, 2.45) is 0 Å². The van der Waals surface area contributed by atoms with Gasteiger partial charge in [0.05, 0.1) is 24.0 Å². The predicted octanol–water partition coefficient (Wildman–Crippen LogP) is 2.73. The first-order valence-electron chi connectivity index (χ1n) is 7.01. The van der Waals surface area contributed by atoms with E-state index in [9.17, 15) is 0 Å². The van der Waals surface area contributed by atoms with Crippen molar-refractivity contribution in [3.05, 3.63) is 35.5 Å². The normalized spacial score (nSPS) is 17.4. The van der Waals surface area contributed by atoms with E-state index in [2.05, 4.69) is 23.4 Å². The van der Waals surface area contributed by atoms with Crippen molar-refractivity contribution >= 4 is 11.5 Å². The van der Waals surface area contributed by atoms with Crippen LogP contribution in [0, 0.1) is 6.92 Å². The number of nitrogens with one attached hydrogen (secondary N) is 1. The van der Waals surface area contributed by atoms with Crippen LogP contribution < -0.4 is 15.8 Å². The summed E-state index contributed by atoms with van der Waals surface area (Å²) < 4.78 is 7.61. The summed E-state index contributed by atoms with van der Waals surface area (Å²) in [4.78, 5) is 0. The molecule has 1 aromatic heterocycles. The summed E-state index contributed by atoms with van der Waals surface area (Å²) in [6.45, 7) is 5.51. The van der Waals surface area contributed by atoms with Gasteiger partial charge in [-0.3, -0.25) is 0 Å². The maximum Gasteiger partial charge on any atom is 0.148 e. The predicted molar refractivity (Wildman–Crippen MR) is 80.0 cm³/mol. The molecule has 1 aromatic carbocycles. The zero-order chi connectivity index (χ0) is 14.1. The highest BCUT2D eigenvalue weighted by atomic mass is 16.5. The lowest BCUT2D eigenvalue weighted by atomic mass is 10.0. The van der Waals surface area contributed by atoms with Gasteiger partial charge in [-0.2, -0.15) is 5.10 Å². The van der Waals surface area contributed by atoms with Crippen molar-refractivity contribution < 1.29 is 4.74 Å².